The van der Waals surface area contributed by atoms with E-state index in [9.17, 15) is 10.2 Å². The van der Waals surface area contributed by atoms with Crippen LogP contribution in [0.5, 0.6) is 0 Å². The molecule has 4 rings (SSSR count). The van der Waals surface area contributed by atoms with Gasteiger partial charge in [0.2, 0.25) is 0 Å². The summed E-state index contributed by atoms with van der Waals surface area (Å²) in [6, 6.07) is 0. The summed E-state index contributed by atoms with van der Waals surface area (Å²) in [5.41, 5.74) is 3.27. The molecule has 8 atom stereocenters. The number of allylic oxidation sites excluding steroid dienone is 4. The van der Waals surface area contributed by atoms with Crippen LogP contribution < -0.4 is 0 Å². The molecular weight excluding hydrogens is 344 g/mol. The minimum atomic E-state index is -0.0831. The first-order chi connectivity index (χ1) is 13.3. The molecule has 4 bridgehead atoms. The predicted octanol–water partition coefficient (Wildman–Crippen LogP) is 5.99. The Labute approximate surface area is 173 Å². The van der Waals surface area contributed by atoms with E-state index in [2.05, 4.69) is 53.7 Å². The molecule has 0 radical (unpaired) electrons. The lowest BCUT2D eigenvalue weighted by molar-refractivity contribution is 0.0422. The van der Waals surface area contributed by atoms with E-state index in [0.717, 1.165) is 17.8 Å². The second-order valence-electron chi connectivity index (χ2n) is 10.8. The molecule has 0 heterocycles. The zero-order valence-electron chi connectivity index (χ0n) is 19.1. The van der Waals surface area contributed by atoms with Crippen molar-refractivity contribution in [3.8, 4) is 0 Å². The summed E-state index contributed by atoms with van der Waals surface area (Å²) in [7, 11) is 0. The van der Waals surface area contributed by atoms with E-state index in [1.165, 1.54) is 38.5 Å². The molecule has 2 heteroatoms. The highest BCUT2D eigenvalue weighted by Gasteiger charge is 2.46. The van der Waals surface area contributed by atoms with Gasteiger partial charge in [0.1, 0.15) is 0 Å². The van der Waals surface area contributed by atoms with E-state index >= 15 is 0 Å². The average Bonchev–Trinajstić information content (AvgIpc) is 3.45. The SMILES string of the molecule is CC=C1CC2CC1C(C(O)C(C)C)C2.CC=C1CC2CC1CC2C(O)C(C)C. The van der Waals surface area contributed by atoms with E-state index in [0.29, 0.717) is 29.6 Å². The third-order valence-electron chi connectivity index (χ3n) is 8.47. The lowest BCUT2D eigenvalue weighted by atomic mass is 9.78. The zero-order chi connectivity index (χ0) is 20.6. The van der Waals surface area contributed by atoms with Crippen molar-refractivity contribution >= 4 is 0 Å². The second-order valence-corrected chi connectivity index (χ2v) is 10.8. The molecule has 4 aliphatic carbocycles. The topological polar surface area (TPSA) is 40.5 Å². The molecule has 4 saturated carbocycles. The van der Waals surface area contributed by atoms with Crippen LogP contribution in [0.25, 0.3) is 0 Å². The van der Waals surface area contributed by atoms with E-state index in [4.69, 9.17) is 0 Å². The van der Waals surface area contributed by atoms with Gasteiger partial charge in [-0.3, -0.25) is 0 Å². The van der Waals surface area contributed by atoms with Gasteiger partial charge < -0.3 is 10.2 Å². The summed E-state index contributed by atoms with van der Waals surface area (Å²) < 4.78 is 0. The Morgan fingerprint density at radius 1 is 0.750 bits per heavy atom. The highest BCUT2D eigenvalue weighted by molar-refractivity contribution is 5.19. The molecule has 0 aliphatic heterocycles. The average molecular weight is 389 g/mol. The summed E-state index contributed by atoms with van der Waals surface area (Å²) in [6.07, 6.45) is 12.2. The van der Waals surface area contributed by atoms with Crippen LogP contribution in [0.1, 0.15) is 80.1 Å². The second kappa shape index (κ2) is 9.04. The van der Waals surface area contributed by atoms with Crippen molar-refractivity contribution in [3.05, 3.63) is 23.3 Å². The third-order valence-corrected chi connectivity index (χ3v) is 8.47. The Kier molecular flexibility index (Phi) is 7.14. The van der Waals surface area contributed by atoms with Gasteiger partial charge in [-0.25, -0.2) is 0 Å². The lowest BCUT2D eigenvalue weighted by Gasteiger charge is -2.30. The van der Waals surface area contributed by atoms with Gasteiger partial charge in [-0.2, -0.15) is 0 Å². The molecule has 2 N–H and O–H groups in total. The first kappa shape index (κ1) is 22.1. The standard InChI is InChI=1S/2C13H22O/c1-4-10-5-9-6-11(10)12(7-9)13(14)8(2)3;1-4-9-5-11-6-10(9)7-12(11)13(14)8(2)3/h4,8-9,11-14H,5-7H2,1-3H3;4,8,10-14H,5-7H2,1-3H3. The van der Waals surface area contributed by atoms with Gasteiger partial charge in [-0.05, 0) is 99.7 Å². The molecule has 160 valence electrons. The molecule has 28 heavy (non-hydrogen) atoms. The van der Waals surface area contributed by atoms with Gasteiger partial charge in [0.15, 0.2) is 0 Å². The van der Waals surface area contributed by atoms with Crippen molar-refractivity contribution in [2.75, 3.05) is 0 Å². The highest BCUT2D eigenvalue weighted by atomic mass is 16.3. The lowest BCUT2D eigenvalue weighted by Crippen LogP contribution is -2.30. The molecule has 0 aromatic heterocycles. The predicted molar refractivity (Wildman–Crippen MR) is 118 cm³/mol. The maximum atomic E-state index is 10.1. The van der Waals surface area contributed by atoms with Crippen molar-refractivity contribution in [1.29, 1.82) is 0 Å². The van der Waals surface area contributed by atoms with Crippen LogP contribution in [0.2, 0.25) is 0 Å². The van der Waals surface area contributed by atoms with Crippen LogP contribution in [0.3, 0.4) is 0 Å². The summed E-state index contributed by atoms with van der Waals surface area (Å²) in [5, 5.41) is 20.2. The number of fused-ring (bicyclic) bond motifs is 4. The van der Waals surface area contributed by atoms with Crippen LogP contribution in [-0.4, -0.2) is 22.4 Å². The van der Waals surface area contributed by atoms with Crippen molar-refractivity contribution in [3.63, 3.8) is 0 Å². The number of hydrogen-bond donors (Lipinski definition) is 2. The van der Waals surface area contributed by atoms with Crippen molar-refractivity contribution in [1.82, 2.24) is 0 Å². The molecule has 0 aromatic rings. The summed E-state index contributed by atoms with van der Waals surface area (Å²) in [4.78, 5) is 0. The van der Waals surface area contributed by atoms with Crippen LogP contribution in [0.4, 0.5) is 0 Å². The van der Waals surface area contributed by atoms with Gasteiger partial charge in [0.25, 0.3) is 0 Å². The smallest absolute Gasteiger partial charge is 0.0597 e. The fourth-order valence-electron chi connectivity index (χ4n) is 6.89. The minimum absolute atomic E-state index is 0.0663. The number of rotatable bonds is 4. The fraction of sp³-hybridized carbons (Fsp3) is 0.846. The van der Waals surface area contributed by atoms with E-state index in [1.54, 1.807) is 11.1 Å². The van der Waals surface area contributed by atoms with Crippen molar-refractivity contribution in [2.24, 2.45) is 47.3 Å². The van der Waals surface area contributed by atoms with Crippen LogP contribution in [-0.2, 0) is 0 Å². The van der Waals surface area contributed by atoms with Gasteiger partial charge in [-0.1, -0.05) is 51.0 Å². The van der Waals surface area contributed by atoms with E-state index < -0.39 is 0 Å². The number of hydrogen-bond acceptors (Lipinski definition) is 2. The van der Waals surface area contributed by atoms with Gasteiger partial charge in [0.05, 0.1) is 12.2 Å². The molecule has 4 fully saturated rings. The Balaban J connectivity index is 0.000000161. The number of aliphatic hydroxyl groups excluding tert-OH is 2. The van der Waals surface area contributed by atoms with E-state index in [1.807, 2.05) is 0 Å². The largest absolute Gasteiger partial charge is 0.393 e. The maximum absolute atomic E-state index is 10.1. The molecule has 0 saturated heterocycles. The van der Waals surface area contributed by atoms with Gasteiger partial charge >= 0.3 is 0 Å². The van der Waals surface area contributed by atoms with Crippen molar-refractivity contribution < 1.29 is 10.2 Å². The van der Waals surface area contributed by atoms with Crippen molar-refractivity contribution in [2.45, 2.75) is 92.3 Å². The first-order valence-electron chi connectivity index (χ1n) is 11.9. The van der Waals surface area contributed by atoms with Gasteiger partial charge in [0, 0.05) is 0 Å². The molecular formula is C26H44O2. The Morgan fingerprint density at radius 2 is 1.36 bits per heavy atom. The maximum Gasteiger partial charge on any atom is 0.0597 e. The monoisotopic (exact) mass is 388 g/mol. The summed E-state index contributed by atoms with van der Waals surface area (Å²) in [6.45, 7) is 12.8. The molecule has 8 unspecified atom stereocenters. The summed E-state index contributed by atoms with van der Waals surface area (Å²) >= 11 is 0. The third kappa shape index (κ3) is 4.29. The van der Waals surface area contributed by atoms with Crippen LogP contribution >= 0.6 is 0 Å². The quantitative estimate of drug-likeness (QED) is 0.581. The zero-order valence-corrected chi connectivity index (χ0v) is 19.1. The van der Waals surface area contributed by atoms with E-state index in [-0.39, 0.29) is 12.2 Å². The highest BCUT2D eigenvalue weighted by Crippen LogP contribution is 2.54. The normalized spacial score (nSPS) is 41.2. The Hall–Kier alpha value is -0.600. The van der Waals surface area contributed by atoms with Crippen LogP contribution in [0, 0.1) is 47.3 Å². The Bertz CT molecular complexity index is 587. The number of aliphatic hydroxyl groups is 2. The van der Waals surface area contributed by atoms with Gasteiger partial charge in [-0.15, -0.1) is 0 Å². The Morgan fingerprint density at radius 3 is 1.82 bits per heavy atom. The molecule has 0 amide bonds. The molecule has 4 aliphatic rings. The molecule has 0 spiro atoms. The van der Waals surface area contributed by atoms with Crippen LogP contribution in [0.15, 0.2) is 23.3 Å². The molecule has 2 nitrogen and oxygen atoms in total. The first-order valence-corrected chi connectivity index (χ1v) is 11.9. The molecule has 0 aromatic carbocycles. The minimum Gasteiger partial charge on any atom is -0.393 e. The summed E-state index contributed by atoms with van der Waals surface area (Å²) in [5.74, 6) is 5.16. The fourth-order valence-corrected chi connectivity index (χ4v) is 6.89.